The maximum absolute atomic E-state index is 13.3. The van der Waals surface area contributed by atoms with Gasteiger partial charge in [-0.2, -0.15) is 10.1 Å². The Balaban J connectivity index is 1.38. The van der Waals surface area contributed by atoms with Crippen molar-refractivity contribution in [3.8, 4) is 5.75 Å². The van der Waals surface area contributed by atoms with Gasteiger partial charge in [0.05, 0.1) is 25.5 Å². The molecule has 11 heteroatoms. The Morgan fingerprint density at radius 2 is 2.03 bits per heavy atom. The molecule has 3 aromatic rings. The summed E-state index contributed by atoms with van der Waals surface area (Å²) in [6.45, 7) is 7.00. The van der Waals surface area contributed by atoms with Crippen LogP contribution >= 0.6 is 0 Å². The number of amides is 1. The summed E-state index contributed by atoms with van der Waals surface area (Å²) in [5.74, 6) is 1.61. The number of carbonyl (C=O) groups is 1. The number of hydrogen-bond acceptors (Lipinski definition) is 9. The van der Waals surface area contributed by atoms with Gasteiger partial charge in [0.2, 0.25) is 5.95 Å². The van der Waals surface area contributed by atoms with E-state index in [9.17, 15) is 9.90 Å². The van der Waals surface area contributed by atoms with Crippen LogP contribution in [0.3, 0.4) is 0 Å². The highest BCUT2D eigenvalue weighted by atomic mass is 16.5. The molecule has 1 aromatic carbocycles. The van der Waals surface area contributed by atoms with E-state index in [1.807, 2.05) is 27.8 Å². The third kappa shape index (κ3) is 5.94. The van der Waals surface area contributed by atoms with Crippen LogP contribution in [0, 0.1) is 0 Å². The third-order valence-electron chi connectivity index (χ3n) is 6.86. The summed E-state index contributed by atoms with van der Waals surface area (Å²) in [6, 6.07) is 5.71. The van der Waals surface area contributed by atoms with E-state index >= 15 is 0 Å². The molecule has 0 radical (unpaired) electrons. The minimum absolute atomic E-state index is 0.00618. The van der Waals surface area contributed by atoms with E-state index in [1.165, 1.54) is 0 Å². The van der Waals surface area contributed by atoms with Crippen LogP contribution in [-0.2, 0) is 6.54 Å². The monoisotopic (exact) mass is 508 g/mol. The number of aliphatic hydroxyl groups excluding tert-OH is 1. The summed E-state index contributed by atoms with van der Waals surface area (Å²) in [6.07, 6.45) is 6.02. The number of nitrogens with zero attached hydrogens (tertiary/aromatic N) is 6. The zero-order valence-electron chi connectivity index (χ0n) is 21.4. The minimum Gasteiger partial charge on any atom is -0.490 e. The number of aromatic nitrogens is 4. The lowest BCUT2D eigenvalue weighted by Gasteiger charge is -2.34. The standard InChI is InChI=1S/C26H36N8O3/c1-2-3-8-28-24-23-21(30-26(27)31-24)16-29-34(23)17-19-5-4-18(15-22(19)37-20-6-7-20)25(36)33-11-9-32(10-12-33)13-14-35/h4-5,15-16,20,35H,2-3,6-14,17H2,1H3,(H3,27,28,30,31). The molecule has 0 bridgehead atoms. The highest BCUT2D eigenvalue weighted by Gasteiger charge is 2.27. The summed E-state index contributed by atoms with van der Waals surface area (Å²) < 4.78 is 8.12. The number of hydrogen-bond donors (Lipinski definition) is 3. The van der Waals surface area contributed by atoms with E-state index in [1.54, 1.807) is 6.20 Å². The Morgan fingerprint density at radius 3 is 2.76 bits per heavy atom. The van der Waals surface area contributed by atoms with Gasteiger partial charge in [0.1, 0.15) is 16.8 Å². The first kappa shape index (κ1) is 25.2. The van der Waals surface area contributed by atoms with Crippen molar-refractivity contribution in [1.29, 1.82) is 0 Å². The maximum atomic E-state index is 13.3. The van der Waals surface area contributed by atoms with Crippen molar-refractivity contribution in [2.75, 3.05) is 56.9 Å². The number of β-amino-alcohol motifs (C(OH)–C–C–N with tert-alkyl or cyclic N) is 1. The number of unbranched alkanes of at least 4 members (excludes halogenated alkanes) is 1. The normalized spacial score (nSPS) is 16.3. The van der Waals surface area contributed by atoms with Crippen LogP contribution in [0.5, 0.6) is 5.75 Å². The molecule has 5 rings (SSSR count). The van der Waals surface area contributed by atoms with Crippen LogP contribution in [0.4, 0.5) is 11.8 Å². The predicted molar refractivity (Wildman–Crippen MR) is 142 cm³/mol. The van der Waals surface area contributed by atoms with Gasteiger partial charge < -0.3 is 25.8 Å². The molecule has 37 heavy (non-hydrogen) atoms. The Labute approximate surface area is 216 Å². The first-order chi connectivity index (χ1) is 18.1. The Bertz CT molecular complexity index is 1230. The number of piperazine rings is 1. The van der Waals surface area contributed by atoms with Gasteiger partial charge in [-0.1, -0.05) is 19.4 Å². The number of anilines is 2. The average Bonchev–Trinajstić information content (AvgIpc) is 3.63. The SMILES string of the molecule is CCCCNc1nc(N)nc2cnn(Cc3ccc(C(=O)N4CCN(CCO)CC4)cc3OC3CC3)c12. The van der Waals surface area contributed by atoms with Crippen LogP contribution in [0.1, 0.15) is 48.5 Å². The number of nitrogens with two attached hydrogens (primary N) is 1. The van der Waals surface area contributed by atoms with E-state index in [4.69, 9.17) is 10.5 Å². The number of aliphatic hydroxyl groups is 1. The number of carbonyl (C=O) groups excluding carboxylic acids is 1. The number of fused-ring (bicyclic) bond motifs is 1. The van der Waals surface area contributed by atoms with E-state index in [0.717, 1.165) is 56.4 Å². The summed E-state index contributed by atoms with van der Waals surface area (Å²) >= 11 is 0. The molecule has 0 atom stereocenters. The van der Waals surface area contributed by atoms with Crippen molar-refractivity contribution in [1.82, 2.24) is 29.5 Å². The second kappa shape index (κ2) is 11.3. The summed E-state index contributed by atoms with van der Waals surface area (Å²) in [5, 5.41) is 17.1. The van der Waals surface area contributed by atoms with E-state index in [0.29, 0.717) is 48.8 Å². The molecule has 1 amide bonds. The van der Waals surface area contributed by atoms with Gasteiger partial charge in [-0.15, -0.1) is 0 Å². The molecule has 1 saturated carbocycles. The Morgan fingerprint density at radius 1 is 1.22 bits per heavy atom. The Hall–Kier alpha value is -3.44. The van der Waals surface area contributed by atoms with Gasteiger partial charge in [0.15, 0.2) is 5.82 Å². The fourth-order valence-electron chi connectivity index (χ4n) is 4.60. The zero-order chi connectivity index (χ0) is 25.8. The van der Waals surface area contributed by atoms with Crippen molar-refractivity contribution in [2.24, 2.45) is 0 Å². The molecule has 198 valence electrons. The zero-order valence-corrected chi connectivity index (χ0v) is 21.4. The highest BCUT2D eigenvalue weighted by molar-refractivity contribution is 5.95. The van der Waals surface area contributed by atoms with Crippen LogP contribution in [0.25, 0.3) is 11.0 Å². The number of nitrogens with one attached hydrogen (secondary N) is 1. The van der Waals surface area contributed by atoms with Crippen molar-refractivity contribution >= 4 is 28.7 Å². The quantitative estimate of drug-likeness (QED) is 0.332. The summed E-state index contributed by atoms with van der Waals surface area (Å²) in [7, 11) is 0. The fourth-order valence-corrected chi connectivity index (χ4v) is 4.60. The van der Waals surface area contributed by atoms with Crippen molar-refractivity contribution in [3.05, 3.63) is 35.5 Å². The lowest BCUT2D eigenvalue weighted by atomic mass is 10.1. The molecule has 0 unspecified atom stereocenters. The molecule has 2 fully saturated rings. The first-order valence-corrected chi connectivity index (χ1v) is 13.2. The van der Waals surface area contributed by atoms with Crippen LogP contribution in [0.15, 0.2) is 24.4 Å². The average molecular weight is 509 g/mol. The second-order valence-corrected chi connectivity index (χ2v) is 9.74. The molecule has 4 N–H and O–H groups in total. The van der Waals surface area contributed by atoms with Crippen LogP contribution in [0.2, 0.25) is 0 Å². The molecule has 11 nitrogen and oxygen atoms in total. The van der Waals surface area contributed by atoms with Gasteiger partial charge in [-0.25, -0.2) is 4.98 Å². The molecule has 2 aromatic heterocycles. The van der Waals surface area contributed by atoms with Crippen molar-refractivity contribution in [2.45, 2.75) is 45.3 Å². The van der Waals surface area contributed by atoms with Crippen LogP contribution in [-0.4, -0.2) is 92.5 Å². The molecular formula is C26H36N8O3. The maximum Gasteiger partial charge on any atom is 0.254 e. The number of rotatable bonds is 11. The first-order valence-electron chi connectivity index (χ1n) is 13.2. The molecule has 1 aliphatic heterocycles. The van der Waals surface area contributed by atoms with Gasteiger partial charge in [-0.05, 0) is 31.4 Å². The van der Waals surface area contributed by atoms with Crippen molar-refractivity contribution in [3.63, 3.8) is 0 Å². The van der Waals surface area contributed by atoms with E-state index < -0.39 is 0 Å². The predicted octanol–water partition coefficient (Wildman–Crippen LogP) is 1.96. The second-order valence-electron chi connectivity index (χ2n) is 9.74. The lowest BCUT2D eigenvalue weighted by Crippen LogP contribution is -2.49. The fraction of sp³-hybridized carbons (Fsp3) is 0.538. The lowest BCUT2D eigenvalue weighted by molar-refractivity contribution is 0.0614. The topological polar surface area (TPSA) is 135 Å². The largest absolute Gasteiger partial charge is 0.490 e. The summed E-state index contributed by atoms with van der Waals surface area (Å²) in [5.41, 5.74) is 8.98. The van der Waals surface area contributed by atoms with Crippen molar-refractivity contribution < 1.29 is 14.6 Å². The van der Waals surface area contributed by atoms with Crippen LogP contribution < -0.4 is 15.8 Å². The number of ether oxygens (including phenoxy) is 1. The molecule has 3 heterocycles. The highest BCUT2D eigenvalue weighted by Crippen LogP contribution is 2.32. The number of benzene rings is 1. The molecule has 1 saturated heterocycles. The van der Waals surface area contributed by atoms with E-state index in [-0.39, 0.29) is 24.6 Å². The smallest absolute Gasteiger partial charge is 0.254 e. The third-order valence-corrected chi connectivity index (χ3v) is 6.86. The van der Waals surface area contributed by atoms with Gasteiger partial charge in [0.25, 0.3) is 5.91 Å². The van der Waals surface area contributed by atoms with E-state index in [2.05, 4.69) is 32.2 Å². The van der Waals surface area contributed by atoms with Gasteiger partial charge >= 0.3 is 0 Å². The minimum atomic E-state index is 0.00618. The number of nitrogen functional groups attached to an aromatic ring is 1. The van der Waals surface area contributed by atoms with Gasteiger partial charge in [0, 0.05) is 50.4 Å². The molecular weight excluding hydrogens is 472 g/mol. The molecule has 1 aliphatic carbocycles. The Kier molecular flexibility index (Phi) is 7.71. The molecule has 0 spiro atoms. The van der Waals surface area contributed by atoms with Gasteiger partial charge in [-0.3, -0.25) is 14.4 Å². The summed E-state index contributed by atoms with van der Waals surface area (Å²) in [4.78, 5) is 26.1. The molecule has 2 aliphatic rings.